The number of hydrogen-bond donors (Lipinski definition) is 0. The smallest absolute Gasteiger partial charge is 0.310 e. The summed E-state index contributed by atoms with van der Waals surface area (Å²) < 4.78 is 46.0. The Hall–Kier alpha value is 0.300. The average Bonchev–Trinajstić information content (AvgIpc) is 2.45. The molecule has 1 saturated heterocycles. The van der Waals surface area contributed by atoms with Crippen LogP contribution < -0.4 is 0 Å². The van der Waals surface area contributed by atoms with Gasteiger partial charge in [-0.1, -0.05) is 0 Å². The minimum absolute atomic E-state index is 0.265. The van der Waals surface area contributed by atoms with Crippen LogP contribution in [0.25, 0.3) is 0 Å². The van der Waals surface area contributed by atoms with Gasteiger partial charge in [0.25, 0.3) is 0 Å². The molecule has 0 saturated carbocycles. The summed E-state index contributed by atoms with van der Waals surface area (Å²) in [6.07, 6.45) is 0.274. The molecular formula is C10H22O6P2. The van der Waals surface area contributed by atoms with Gasteiger partial charge >= 0.3 is 15.2 Å². The van der Waals surface area contributed by atoms with Crippen LogP contribution in [0, 0.1) is 0 Å². The van der Waals surface area contributed by atoms with Gasteiger partial charge in [0.05, 0.1) is 11.8 Å². The van der Waals surface area contributed by atoms with Crippen LogP contribution in [0.4, 0.5) is 0 Å². The molecule has 2 unspecified atom stereocenters. The molecule has 0 spiro atoms. The molecule has 1 aliphatic rings. The summed E-state index contributed by atoms with van der Waals surface area (Å²) in [6.45, 7) is 7.12. The summed E-state index contributed by atoms with van der Waals surface area (Å²) in [5.74, 6) is 0. The SMILES string of the molecule is CCOP1(=O)OC(C)(P(=O)(OC)OC)CC1(C)C. The maximum Gasteiger partial charge on any atom is 0.361 e. The van der Waals surface area contributed by atoms with E-state index >= 15 is 0 Å². The molecule has 1 fully saturated rings. The van der Waals surface area contributed by atoms with Gasteiger partial charge in [-0.05, 0) is 27.7 Å². The van der Waals surface area contributed by atoms with E-state index in [0.29, 0.717) is 0 Å². The minimum atomic E-state index is -3.50. The van der Waals surface area contributed by atoms with E-state index in [2.05, 4.69) is 0 Å². The second-order valence-corrected chi connectivity index (χ2v) is 10.4. The third kappa shape index (κ3) is 2.35. The standard InChI is InChI=1S/C10H22O6P2/c1-7-15-17(11)9(2,3)8-10(4,16-17)18(12,13-5)14-6/h7-8H2,1-6H3. The first-order valence-corrected chi connectivity index (χ1v) is 8.85. The highest BCUT2D eigenvalue weighted by atomic mass is 31.2. The van der Waals surface area contributed by atoms with Crippen molar-refractivity contribution in [2.24, 2.45) is 0 Å². The Labute approximate surface area is 108 Å². The largest absolute Gasteiger partial charge is 0.361 e. The normalized spacial score (nSPS) is 35.9. The van der Waals surface area contributed by atoms with Gasteiger partial charge in [0.15, 0.2) is 5.34 Å². The third-order valence-electron chi connectivity index (χ3n) is 3.18. The molecule has 0 amide bonds. The van der Waals surface area contributed by atoms with Crippen molar-refractivity contribution in [3.8, 4) is 0 Å². The van der Waals surface area contributed by atoms with E-state index in [1.807, 2.05) is 0 Å². The Kier molecular flexibility index (Phi) is 4.55. The van der Waals surface area contributed by atoms with Gasteiger partial charge in [-0.25, -0.2) is 0 Å². The van der Waals surface area contributed by atoms with Crippen molar-refractivity contribution < 1.29 is 27.2 Å². The summed E-state index contributed by atoms with van der Waals surface area (Å²) in [4.78, 5) is 0. The van der Waals surface area contributed by atoms with Gasteiger partial charge in [-0.3, -0.25) is 13.7 Å². The quantitative estimate of drug-likeness (QED) is 0.722. The summed E-state index contributed by atoms with van der Waals surface area (Å²) in [6, 6.07) is 0. The molecule has 8 heteroatoms. The van der Waals surface area contributed by atoms with Crippen LogP contribution in [-0.2, 0) is 27.2 Å². The highest BCUT2D eigenvalue weighted by molar-refractivity contribution is 7.60. The zero-order valence-electron chi connectivity index (χ0n) is 11.8. The van der Waals surface area contributed by atoms with Crippen LogP contribution in [0.5, 0.6) is 0 Å². The molecule has 0 radical (unpaired) electrons. The molecule has 0 bridgehead atoms. The molecule has 0 N–H and O–H groups in total. The highest BCUT2D eigenvalue weighted by Crippen LogP contribution is 2.78. The molecule has 6 nitrogen and oxygen atoms in total. The Morgan fingerprint density at radius 1 is 1.28 bits per heavy atom. The number of rotatable bonds is 5. The molecule has 18 heavy (non-hydrogen) atoms. The maximum atomic E-state index is 12.7. The Balaban J connectivity index is 3.19. The van der Waals surface area contributed by atoms with E-state index in [1.54, 1.807) is 27.7 Å². The second kappa shape index (κ2) is 5.01. The molecule has 0 aromatic carbocycles. The average molecular weight is 300 g/mol. The molecular weight excluding hydrogens is 278 g/mol. The van der Waals surface area contributed by atoms with E-state index in [0.717, 1.165) is 0 Å². The van der Waals surface area contributed by atoms with Crippen molar-refractivity contribution in [3.05, 3.63) is 0 Å². The van der Waals surface area contributed by atoms with Crippen LogP contribution in [-0.4, -0.2) is 31.3 Å². The van der Waals surface area contributed by atoms with Crippen molar-refractivity contribution in [2.75, 3.05) is 20.8 Å². The van der Waals surface area contributed by atoms with Gasteiger partial charge in [-0.2, -0.15) is 0 Å². The first kappa shape index (κ1) is 16.4. The van der Waals surface area contributed by atoms with Gasteiger partial charge < -0.3 is 13.6 Å². The Morgan fingerprint density at radius 3 is 2.17 bits per heavy atom. The number of hydrogen-bond acceptors (Lipinski definition) is 6. The summed E-state index contributed by atoms with van der Waals surface area (Å²) in [5.41, 5.74) is 0. The van der Waals surface area contributed by atoms with Crippen molar-refractivity contribution in [1.29, 1.82) is 0 Å². The molecule has 1 rings (SSSR count). The van der Waals surface area contributed by atoms with Crippen LogP contribution in [0.3, 0.4) is 0 Å². The predicted molar refractivity (Wildman–Crippen MR) is 69.0 cm³/mol. The van der Waals surface area contributed by atoms with Crippen LogP contribution in [0.2, 0.25) is 0 Å². The van der Waals surface area contributed by atoms with Gasteiger partial charge in [0, 0.05) is 20.6 Å². The van der Waals surface area contributed by atoms with Gasteiger partial charge in [-0.15, -0.1) is 0 Å². The molecule has 108 valence electrons. The van der Waals surface area contributed by atoms with Gasteiger partial charge in [0.1, 0.15) is 0 Å². The fourth-order valence-corrected chi connectivity index (χ4v) is 6.72. The lowest BCUT2D eigenvalue weighted by Gasteiger charge is -2.29. The van der Waals surface area contributed by atoms with E-state index in [1.165, 1.54) is 14.2 Å². The fourth-order valence-electron chi connectivity index (χ4n) is 2.29. The zero-order valence-corrected chi connectivity index (χ0v) is 13.5. The molecule has 1 aliphatic heterocycles. The first-order chi connectivity index (χ1) is 8.10. The summed E-state index contributed by atoms with van der Waals surface area (Å²) >= 11 is 0. The van der Waals surface area contributed by atoms with Crippen molar-refractivity contribution in [3.63, 3.8) is 0 Å². The maximum absolute atomic E-state index is 12.7. The fraction of sp³-hybridized carbons (Fsp3) is 1.00. The predicted octanol–water partition coefficient (Wildman–Crippen LogP) is 3.62. The topological polar surface area (TPSA) is 71.1 Å². The van der Waals surface area contributed by atoms with Crippen molar-refractivity contribution in [1.82, 2.24) is 0 Å². The third-order valence-corrected chi connectivity index (χ3v) is 8.57. The molecule has 2 atom stereocenters. The van der Waals surface area contributed by atoms with Crippen LogP contribution >= 0.6 is 15.2 Å². The van der Waals surface area contributed by atoms with E-state index < -0.39 is 25.7 Å². The summed E-state index contributed by atoms with van der Waals surface area (Å²) in [5, 5.41) is -1.99. The molecule has 0 aromatic heterocycles. The minimum Gasteiger partial charge on any atom is -0.310 e. The Morgan fingerprint density at radius 2 is 1.78 bits per heavy atom. The lowest BCUT2D eigenvalue weighted by Crippen LogP contribution is -2.27. The van der Waals surface area contributed by atoms with Crippen molar-refractivity contribution >= 4 is 15.2 Å². The highest BCUT2D eigenvalue weighted by Gasteiger charge is 2.65. The van der Waals surface area contributed by atoms with Crippen LogP contribution in [0.1, 0.15) is 34.1 Å². The Bertz CT molecular complexity index is 399. The van der Waals surface area contributed by atoms with E-state index in [-0.39, 0.29) is 13.0 Å². The monoisotopic (exact) mass is 300 g/mol. The lowest BCUT2D eigenvalue weighted by molar-refractivity contribution is 0.114. The van der Waals surface area contributed by atoms with Crippen molar-refractivity contribution in [2.45, 2.75) is 44.6 Å². The molecule has 0 aromatic rings. The molecule has 1 heterocycles. The first-order valence-electron chi connectivity index (χ1n) is 5.77. The molecule has 0 aliphatic carbocycles. The van der Waals surface area contributed by atoms with Gasteiger partial charge in [0.2, 0.25) is 0 Å². The summed E-state index contributed by atoms with van der Waals surface area (Å²) in [7, 11) is -4.27. The van der Waals surface area contributed by atoms with Crippen LogP contribution in [0.15, 0.2) is 0 Å². The van der Waals surface area contributed by atoms with E-state index in [4.69, 9.17) is 18.1 Å². The second-order valence-electron chi connectivity index (χ2n) is 5.03. The van der Waals surface area contributed by atoms with E-state index in [9.17, 15) is 9.13 Å². The lowest BCUT2D eigenvalue weighted by atomic mass is 10.1. The zero-order chi connectivity index (χ0) is 14.2.